The number of hydrogen-bond donors (Lipinski definition) is 0. The van der Waals surface area contributed by atoms with E-state index in [1.54, 1.807) is 0 Å². The zero-order chi connectivity index (χ0) is 10.5. The second-order valence-corrected chi connectivity index (χ2v) is 4.06. The Morgan fingerprint density at radius 1 is 1.13 bits per heavy atom. The predicted molar refractivity (Wildman–Crippen MR) is 65.9 cm³/mol. The van der Waals surface area contributed by atoms with Crippen molar-refractivity contribution in [2.24, 2.45) is 0 Å². The standard InChI is InChI=1S/C15H18/c1-2-15(13-9-5-3-6-10-13)14-11-7-4-8-12-14/h3,5-7,9-12,15H,2,4,8H2,1H3. The van der Waals surface area contributed by atoms with Gasteiger partial charge in [-0.2, -0.15) is 0 Å². The molecule has 0 nitrogen and oxygen atoms in total. The lowest BCUT2D eigenvalue weighted by Gasteiger charge is -2.18. The quantitative estimate of drug-likeness (QED) is 0.672. The Labute approximate surface area is 92.3 Å². The molecule has 0 N–H and O–H groups in total. The van der Waals surface area contributed by atoms with Crippen molar-refractivity contribution in [2.75, 3.05) is 0 Å². The number of benzene rings is 1. The molecule has 0 bridgehead atoms. The van der Waals surface area contributed by atoms with Crippen LogP contribution in [0, 0.1) is 0 Å². The van der Waals surface area contributed by atoms with Gasteiger partial charge < -0.3 is 0 Å². The van der Waals surface area contributed by atoms with E-state index in [0.29, 0.717) is 5.92 Å². The summed E-state index contributed by atoms with van der Waals surface area (Å²) in [6.07, 6.45) is 10.6. The van der Waals surface area contributed by atoms with E-state index >= 15 is 0 Å². The molecule has 0 radical (unpaired) electrons. The third-order valence-corrected chi connectivity index (χ3v) is 3.04. The first-order chi connectivity index (χ1) is 7.42. The SMILES string of the molecule is CCC(C1=CCCC=C1)c1ccccc1. The van der Waals surface area contributed by atoms with Crippen molar-refractivity contribution >= 4 is 0 Å². The lowest BCUT2D eigenvalue weighted by atomic mass is 9.86. The van der Waals surface area contributed by atoms with Crippen LogP contribution in [-0.4, -0.2) is 0 Å². The molecule has 0 aromatic heterocycles. The molecule has 1 unspecified atom stereocenters. The molecule has 0 heteroatoms. The maximum absolute atomic E-state index is 2.39. The summed E-state index contributed by atoms with van der Waals surface area (Å²) >= 11 is 0. The maximum atomic E-state index is 2.39. The van der Waals surface area contributed by atoms with Crippen molar-refractivity contribution < 1.29 is 0 Å². The zero-order valence-electron chi connectivity index (χ0n) is 9.32. The average Bonchev–Trinajstić information content (AvgIpc) is 2.33. The first-order valence-electron chi connectivity index (χ1n) is 5.83. The van der Waals surface area contributed by atoms with Gasteiger partial charge in [-0.05, 0) is 30.4 Å². The summed E-state index contributed by atoms with van der Waals surface area (Å²) in [5, 5.41) is 0. The van der Waals surface area contributed by atoms with E-state index in [0.717, 1.165) is 0 Å². The normalized spacial score (nSPS) is 17.3. The second-order valence-electron chi connectivity index (χ2n) is 4.06. The lowest BCUT2D eigenvalue weighted by molar-refractivity contribution is 0.763. The Bertz CT molecular complexity index is 357. The Hall–Kier alpha value is -1.30. The number of hydrogen-bond acceptors (Lipinski definition) is 0. The van der Waals surface area contributed by atoms with Crippen molar-refractivity contribution in [3.8, 4) is 0 Å². The highest BCUT2D eigenvalue weighted by molar-refractivity contribution is 5.36. The first-order valence-corrected chi connectivity index (χ1v) is 5.83. The van der Waals surface area contributed by atoms with Crippen LogP contribution < -0.4 is 0 Å². The van der Waals surface area contributed by atoms with Crippen LogP contribution in [0.25, 0.3) is 0 Å². The Balaban J connectivity index is 2.24. The van der Waals surface area contributed by atoms with Crippen LogP contribution in [0.4, 0.5) is 0 Å². The van der Waals surface area contributed by atoms with Crippen LogP contribution in [0.15, 0.2) is 54.1 Å². The highest BCUT2D eigenvalue weighted by Gasteiger charge is 2.13. The third-order valence-electron chi connectivity index (χ3n) is 3.04. The highest BCUT2D eigenvalue weighted by atomic mass is 14.2. The maximum Gasteiger partial charge on any atom is 0.00834 e. The highest BCUT2D eigenvalue weighted by Crippen LogP contribution is 2.30. The molecule has 0 spiro atoms. The fraction of sp³-hybridized carbons (Fsp3) is 0.333. The minimum absolute atomic E-state index is 0.586. The van der Waals surface area contributed by atoms with E-state index in [-0.39, 0.29) is 0 Å². The van der Waals surface area contributed by atoms with E-state index in [1.165, 1.54) is 30.4 Å². The molecule has 78 valence electrons. The molecule has 0 saturated carbocycles. The fourth-order valence-electron chi connectivity index (χ4n) is 2.24. The van der Waals surface area contributed by atoms with Crippen LogP contribution in [0.1, 0.15) is 37.7 Å². The minimum atomic E-state index is 0.586. The topological polar surface area (TPSA) is 0 Å². The van der Waals surface area contributed by atoms with Gasteiger partial charge in [0, 0.05) is 5.92 Å². The molecule has 1 aliphatic rings. The van der Waals surface area contributed by atoms with E-state index < -0.39 is 0 Å². The predicted octanol–water partition coefficient (Wildman–Crippen LogP) is 4.46. The summed E-state index contributed by atoms with van der Waals surface area (Å²) in [6.45, 7) is 2.26. The zero-order valence-corrected chi connectivity index (χ0v) is 9.32. The second kappa shape index (κ2) is 4.97. The molecule has 1 aliphatic carbocycles. The van der Waals surface area contributed by atoms with Gasteiger partial charge in [-0.25, -0.2) is 0 Å². The van der Waals surface area contributed by atoms with E-state index in [4.69, 9.17) is 0 Å². The van der Waals surface area contributed by atoms with Gasteiger partial charge in [0.05, 0.1) is 0 Å². The Morgan fingerprint density at radius 3 is 2.53 bits per heavy atom. The monoisotopic (exact) mass is 198 g/mol. The van der Waals surface area contributed by atoms with Gasteiger partial charge in [0.25, 0.3) is 0 Å². The number of rotatable bonds is 3. The van der Waals surface area contributed by atoms with Crippen molar-refractivity contribution in [3.63, 3.8) is 0 Å². The van der Waals surface area contributed by atoms with Gasteiger partial charge in [0.15, 0.2) is 0 Å². The van der Waals surface area contributed by atoms with Gasteiger partial charge >= 0.3 is 0 Å². The largest absolute Gasteiger partial charge is 0.0839 e. The van der Waals surface area contributed by atoms with Crippen LogP contribution in [0.2, 0.25) is 0 Å². The van der Waals surface area contributed by atoms with Gasteiger partial charge in [0.1, 0.15) is 0 Å². The summed E-state index contributed by atoms with van der Waals surface area (Å²) in [5.41, 5.74) is 2.94. The smallest absolute Gasteiger partial charge is 0.00834 e. The molecular weight excluding hydrogens is 180 g/mol. The molecule has 15 heavy (non-hydrogen) atoms. The molecular formula is C15H18. The molecule has 1 aromatic carbocycles. The van der Waals surface area contributed by atoms with E-state index in [9.17, 15) is 0 Å². The molecule has 0 aliphatic heterocycles. The summed E-state index contributed by atoms with van der Waals surface area (Å²) in [7, 11) is 0. The molecule has 0 fully saturated rings. The van der Waals surface area contributed by atoms with Crippen molar-refractivity contribution in [1.29, 1.82) is 0 Å². The Morgan fingerprint density at radius 2 is 1.93 bits per heavy atom. The summed E-state index contributed by atoms with van der Waals surface area (Å²) in [6, 6.07) is 10.8. The molecule has 0 heterocycles. The summed E-state index contributed by atoms with van der Waals surface area (Å²) < 4.78 is 0. The van der Waals surface area contributed by atoms with Crippen molar-refractivity contribution in [2.45, 2.75) is 32.1 Å². The van der Waals surface area contributed by atoms with Crippen LogP contribution >= 0.6 is 0 Å². The molecule has 1 aromatic rings. The average molecular weight is 198 g/mol. The van der Waals surface area contributed by atoms with Gasteiger partial charge in [-0.15, -0.1) is 0 Å². The Kier molecular flexibility index (Phi) is 3.39. The van der Waals surface area contributed by atoms with Crippen LogP contribution in [0.5, 0.6) is 0 Å². The van der Waals surface area contributed by atoms with Crippen molar-refractivity contribution in [3.05, 3.63) is 59.7 Å². The van der Waals surface area contributed by atoms with E-state index in [1.807, 2.05) is 0 Å². The fourth-order valence-corrected chi connectivity index (χ4v) is 2.24. The summed E-state index contributed by atoms with van der Waals surface area (Å²) in [5.74, 6) is 0.586. The molecule has 1 atom stereocenters. The molecule has 2 rings (SSSR count). The van der Waals surface area contributed by atoms with Gasteiger partial charge in [-0.1, -0.05) is 55.5 Å². The van der Waals surface area contributed by atoms with Crippen LogP contribution in [0.3, 0.4) is 0 Å². The van der Waals surface area contributed by atoms with Gasteiger partial charge in [0.2, 0.25) is 0 Å². The summed E-state index contributed by atoms with van der Waals surface area (Å²) in [4.78, 5) is 0. The van der Waals surface area contributed by atoms with Crippen molar-refractivity contribution in [1.82, 2.24) is 0 Å². The molecule has 0 saturated heterocycles. The molecule has 0 amide bonds. The first kappa shape index (κ1) is 10.2. The third kappa shape index (κ3) is 2.38. The lowest BCUT2D eigenvalue weighted by Crippen LogP contribution is -2.01. The minimum Gasteiger partial charge on any atom is -0.0839 e. The number of allylic oxidation sites excluding steroid dienone is 4. The van der Waals surface area contributed by atoms with Gasteiger partial charge in [-0.3, -0.25) is 0 Å². The van der Waals surface area contributed by atoms with Crippen LogP contribution in [-0.2, 0) is 0 Å². The van der Waals surface area contributed by atoms with E-state index in [2.05, 4.69) is 55.5 Å².